The molecule has 8 nitrogen and oxygen atoms in total. The summed E-state index contributed by atoms with van der Waals surface area (Å²) in [5.74, 6) is 0. The third-order valence-corrected chi connectivity index (χ3v) is 26.9. The van der Waals surface area contributed by atoms with Gasteiger partial charge in [-0.25, -0.2) is 0 Å². The number of nitrogens with zero attached hydrogens (tertiary/aromatic N) is 8. The molecule has 16 aromatic carbocycles. The normalized spacial score (nSPS) is 13.3. The minimum absolute atomic E-state index is 0.112. The Labute approximate surface area is 669 Å². The fourth-order valence-corrected chi connectivity index (χ4v) is 22.4. The van der Waals surface area contributed by atoms with Gasteiger partial charge in [0.05, 0.1) is 57.5 Å². The van der Waals surface area contributed by atoms with Gasteiger partial charge in [0.2, 0.25) is 26.9 Å². The molecule has 12 heterocycles. The Morgan fingerprint density at radius 3 is 1.02 bits per heavy atom. The van der Waals surface area contributed by atoms with Crippen LogP contribution in [0.4, 0.5) is 0 Å². The van der Waals surface area contributed by atoms with Crippen LogP contribution in [0.1, 0.15) is 66.8 Å². The molecule has 528 valence electrons. The van der Waals surface area contributed by atoms with E-state index in [4.69, 9.17) is 0 Å². The molecule has 0 saturated heterocycles. The highest BCUT2D eigenvalue weighted by Crippen LogP contribution is 2.42. The zero-order chi connectivity index (χ0) is 76.4. The summed E-state index contributed by atoms with van der Waals surface area (Å²) in [7, 11) is 0. The first-order chi connectivity index (χ1) is 57.4. The largest absolute Gasteiger partial charge is 0.310 e. The quantitative estimate of drug-likeness (QED) is 0.141. The van der Waals surface area contributed by atoms with Gasteiger partial charge in [0.1, 0.15) is 0 Å². The maximum atomic E-state index is 9.99. The molecule has 20 aromatic rings. The molecule has 116 heavy (non-hydrogen) atoms. The highest BCUT2D eigenvalue weighted by molar-refractivity contribution is 7.01. The molecule has 0 unspecified atom stereocenters. The zero-order valence-electron chi connectivity index (χ0n) is 62.7. The Balaban J connectivity index is 0.0000000866. The Morgan fingerprint density at radius 1 is 0.207 bits per heavy atom. The van der Waals surface area contributed by atoms with Crippen molar-refractivity contribution >= 4 is 180 Å². The molecule has 0 spiro atoms. The topological polar surface area (TPSA) is 115 Å². The molecule has 12 heteroatoms. The number of hydrogen-bond donors (Lipinski definition) is 0. The molecule has 8 aliphatic rings. The lowest BCUT2D eigenvalue weighted by molar-refractivity contribution is 1.16. The molecule has 28 rings (SSSR count). The molecular formula is C104H60B4N8. The number of aromatic nitrogens is 4. The Bertz CT molecular complexity index is 8080. The van der Waals surface area contributed by atoms with Crippen LogP contribution in [0.25, 0.3) is 110 Å². The van der Waals surface area contributed by atoms with Crippen molar-refractivity contribution in [2.45, 2.75) is 25.7 Å². The minimum atomic E-state index is 0.112. The van der Waals surface area contributed by atoms with Crippen molar-refractivity contribution in [1.29, 1.82) is 21.0 Å². The smallest absolute Gasteiger partial charge is 0.249 e. The summed E-state index contributed by atoms with van der Waals surface area (Å²) in [4.78, 5) is 0. The van der Waals surface area contributed by atoms with E-state index in [1.807, 2.05) is 36.4 Å². The van der Waals surface area contributed by atoms with Crippen molar-refractivity contribution < 1.29 is 0 Å². The maximum absolute atomic E-state index is 9.99. The van der Waals surface area contributed by atoms with Gasteiger partial charge < -0.3 is 18.3 Å². The maximum Gasteiger partial charge on any atom is 0.249 e. The van der Waals surface area contributed by atoms with Gasteiger partial charge >= 0.3 is 0 Å². The average Bonchev–Trinajstić information content (AvgIpc) is 1.45. The van der Waals surface area contributed by atoms with E-state index in [9.17, 15) is 21.0 Å². The Kier molecular flexibility index (Phi) is 13.5. The first kappa shape index (κ1) is 64.6. The molecule has 0 radical (unpaired) electrons. The molecular weight excluding hydrogens is 1400 g/mol. The lowest BCUT2D eigenvalue weighted by Crippen LogP contribution is -2.60. The number of nitriles is 4. The van der Waals surface area contributed by atoms with E-state index in [0.29, 0.717) is 0 Å². The number of para-hydroxylation sites is 7. The van der Waals surface area contributed by atoms with Crippen molar-refractivity contribution in [3.05, 3.63) is 382 Å². The van der Waals surface area contributed by atoms with Crippen LogP contribution in [0.2, 0.25) is 0 Å². The van der Waals surface area contributed by atoms with E-state index in [1.54, 1.807) is 0 Å². The van der Waals surface area contributed by atoms with Gasteiger partial charge in [-0.3, -0.25) is 0 Å². The summed E-state index contributed by atoms with van der Waals surface area (Å²) in [6, 6.07) is 122. The third-order valence-electron chi connectivity index (χ3n) is 26.9. The van der Waals surface area contributed by atoms with Crippen LogP contribution in [0.3, 0.4) is 0 Å². The first-order valence-corrected chi connectivity index (χ1v) is 40.1. The standard InChI is InChI=1S/4C26H15BN2/c28-15-18-7-5-6-16-14-17-12-13-20-19-8-1-3-10-22(19)29-23-11-4-2-9-21(23)27(24(16)18)25(17)26(20)29;28-15-18-7-5-11-23-24(18)27-21-9-3-1-6-16(21)14-17-12-13-20-19-8-2-4-10-22(19)29(23)26(20)25(17)27;28-15-16-9-12-21-18(13-16)14-17-10-11-20-19-5-1-3-7-23(19)29-24-8-4-2-6-22(24)27(21)25(17)26(20)29;28-15-16-9-10-17-14-18-11-12-20-19-5-1-3-7-23(19)29-24-8-4-2-6-21(24)27(22(17)13-16)25(18)26(20)29/h4*1-13H,14H2. The summed E-state index contributed by atoms with van der Waals surface area (Å²) in [6.45, 7) is 0.625. The van der Waals surface area contributed by atoms with Gasteiger partial charge in [-0.05, 0) is 204 Å². The molecule has 0 fully saturated rings. The van der Waals surface area contributed by atoms with Gasteiger partial charge in [-0.2, -0.15) is 21.0 Å². The first-order valence-electron chi connectivity index (χ1n) is 40.1. The van der Waals surface area contributed by atoms with Crippen molar-refractivity contribution in [2.75, 3.05) is 0 Å². The highest BCUT2D eigenvalue weighted by atomic mass is 15.0. The molecule has 8 aliphatic heterocycles. The average molecular weight is 1460 g/mol. The monoisotopic (exact) mass is 1460 g/mol. The fourth-order valence-electron chi connectivity index (χ4n) is 22.4. The van der Waals surface area contributed by atoms with Crippen molar-refractivity contribution in [3.63, 3.8) is 0 Å². The van der Waals surface area contributed by atoms with Crippen LogP contribution in [0.15, 0.2) is 315 Å². The van der Waals surface area contributed by atoms with Gasteiger partial charge in [0, 0.05) is 99.0 Å². The van der Waals surface area contributed by atoms with Crippen molar-refractivity contribution in [3.8, 4) is 47.0 Å². The second-order valence-electron chi connectivity index (χ2n) is 32.3. The summed E-state index contributed by atoms with van der Waals surface area (Å²) >= 11 is 0. The van der Waals surface area contributed by atoms with Gasteiger partial charge in [0.15, 0.2) is 0 Å². The van der Waals surface area contributed by atoms with Gasteiger partial charge in [-0.1, -0.05) is 247 Å². The molecule has 0 saturated carbocycles. The number of rotatable bonds is 0. The van der Waals surface area contributed by atoms with E-state index in [1.165, 1.54) is 209 Å². The third kappa shape index (κ3) is 8.67. The number of hydrogen-bond acceptors (Lipinski definition) is 4. The zero-order valence-corrected chi connectivity index (χ0v) is 62.7. The van der Waals surface area contributed by atoms with Crippen LogP contribution in [0, 0.1) is 45.3 Å². The van der Waals surface area contributed by atoms with Crippen molar-refractivity contribution in [1.82, 2.24) is 18.3 Å². The van der Waals surface area contributed by atoms with E-state index in [2.05, 4.69) is 322 Å². The molecule has 0 amide bonds. The van der Waals surface area contributed by atoms with E-state index < -0.39 is 0 Å². The van der Waals surface area contributed by atoms with Crippen molar-refractivity contribution in [2.24, 2.45) is 0 Å². The van der Waals surface area contributed by atoms with E-state index >= 15 is 0 Å². The van der Waals surface area contributed by atoms with Crippen LogP contribution >= 0.6 is 0 Å². The number of benzene rings is 16. The SMILES string of the molecule is N#Cc1ccc2c(c1)B1c3ccccc3-n3c4ccccc4c4ccc(c1c43)C2.N#Cc1ccc2c(c1)Cc1ccc3c4ccccc4n4c3c1B2c1ccccc1-4.N#Cc1cccc2c1B1c3ccccc3-n3c4ccccc4c4ccc(c1c43)C2.N#Cc1cccc2c1B1c3ccccc3Cc3ccc4c5ccccc5n-2c4c31. The predicted octanol–water partition coefficient (Wildman–Crippen LogP) is 13.6. The van der Waals surface area contributed by atoms with Gasteiger partial charge in [-0.15, -0.1) is 0 Å². The lowest BCUT2D eigenvalue weighted by atomic mass is 9.32. The highest BCUT2D eigenvalue weighted by Gasteiger charge is 2.45. The Morgan fingerprint density at radius 2 is 0.526 bits per heavy atom. The molecule has 0 bridgehead atoms. The molecule has 0 atom stereocenters. The summed E-state index contributed by atoms with van der Waals surface area (Å²) in [5, 5.41) is 49.2. The summed E-state index contributed by atoms with van der Waals surface area (Å²) < 4.78 is 9.75. The minimum Gasteiger partial charge on any atom is -0.310 e. The lowest BCUT2D eigenvalue weighted by Gasteiger charge is -2.33. The fraction of sp³-hybridized carbons (Fsp3) is 0.0385. The second-order valence-corrected chi connectivity index (χ2v) is 32.3. The van der Waals surface area contributed by atoms with Crippen LogP contribution in [-0.2, 0) is 25.7 Å². The van der Waals surface area contributed by atoms with Crippen LogP contribution < -0.4 is 65.6 Å². The molecule has 0 N–H and O–H groups in total. The summed E-state index contributed by atoms with van der Waals surface area (Å²) in [5.41, 5.74) is 44.9. The van der Waals surface area contributed by atoms with Crippen LogP contribution in [-0.4, -0.2) is 45.1 Å². The van der Waals surface area contributed by atoms with E-state index in [-0.39, 0.29) is 26.9 Å². The molecule has 0 aliphatic carbocycles. The number of fused-ring (bicyclic) bond motifs is 32. The van der Waals surface area contributed by atoms with Crippen LogP contribution in [0.5, 0.6) is 0 Å². The van der Waals surface area contributed by atoms with Gasteiger partial charge in [0.25, 0.3) is 0 Å². The predicted molar refractivity (Wildman–Crippen MR) is 478 cm³/mol. The summed E-state index contributed by atoms with van der Waals surface area (Å²) in [6.07, 6.45) is 3.64. The Hall–Kier alpha value is -15.1. The van der Waals surface area contributed by atoms with E-state index in [0.717, 1.165) is 59.1 Å². The molecule has 4 aromatic heterocycles. The second kappa shape index (κ2) is 24.2.